The summed E-state index contributed by atoms with van der Waals surface area (Å²) in [6.45, 7) is 0.0547. The van der Waals surface area contributed by atoms with Gasteiger partial charge in [-0.05, 0) is 12.1 Å². The highest BCUT2D eigenvalue weighted by Crippen LogP contribution is 1.95. The molecule has 1 heterocycles. The van der Waals surface area contributed by atoms with Crippen LogP contribution in [-0.2, 0) is 11.3 Å². The zero-order chi connectivity index (χ0) is 10.2. The van der Waals surface area contributed by atoms with Gasteiger partial charge in [0, 0.05) is 6.20 Å². The Morgan fingerprint density at radius 1 is 1.64 bits per heavy atom. The van der Waals surface area contributed by atoms with E-state index in [0.717, 1.165) is 0 Å². The molecule has 0 aliphatic rings. The number of amides is 1. The van der Waals surface area contributed by atoms with Gasteiger partial charge in [-0.1, -0.05) is 6.07 Å². The zero-order valence-electron chi connectivity index (χ0n) is 7.43. The Labute approximate surface area is 81.3 Å². The number of alkyl carbamates (subject to hydrolysis) is 1. The van der Waals surface area contributed by atoms with E-state index >= 15 is 0 Å². The van der Waals surface area contributed by atoms with Crippen molar-refractivity contribution in [2.24, 2.45) is 0 Å². The summed E-state index contributed by atoms with van der Waals surface area (Å²) in [5, 5.41) is 10.4. The summed E-state index contributed by atoms with van der Waals surface area (Å²) in [6, 6.07) is 7.10. The zero-order valence-corrected chi connectivity index (χ0v) is 7.43. The van der Waals surface area contributed by atoms with Crippen molar-refractivity contribution >= 4 is 6.09 Å². The Balaban J connectivity index is 2.28. The van der Waals surface area contributed by atoms with E-state index in [0.29, 0.717) is 5.69 Å². The highest BCUT2D eigenvalue weighted by atomic mass is 16.5. The predicted octanol–water partition coefficient (Wildman–Crippen LogP) is 0.831. The molecule has 1 aromatic heterocycles. The molecule has 0 unspecified atom stereocenters. The van der Waals surface area contributed by atoms with Gasteiger partial charge in [0.05, 0.1) is 11.8 Å². The highest BCUT2D eigenvalue weighted by molar-refractivity contribution is 5.67. The van der Waals surface area contributed by atoms with Crippen LogP contribution in [0.4, 0.5) is 4.79 Å². The number of rotatable bonds is 3. The molecule has 14 heavy (non-hydrogen) atoms. The van der Waals surface area contributed by atoms with Gasteiger partial charge in [-0.25, -0.2) is 4.79 Å². The molecular formula is C9H9N3O2. The van der Waals surface area contributed by atoms with Crippen molar-refractivity contribution in [1.29, 1.82) is 5.26 Å². The molecule has 1 N–H and O–H groups in total. The number of carbonyl (C=O) groups is 1. The molecule has 0 spiro atoms. The van der Waals surface area contributed by atoms with Crippen molar-refractivity contribution < 1.29 is 9.53 Å². The van der Waals surface area contributed by atoms with E-state index in [1.165, 1.54) is 0 Å². The fraction of sp³-hybridized carbons (Fsp3) is 0.222. The first kappa shape index (κ1) is 9.99. The smallest absolute Gasteiger partial charge is 0.408 e. The van der Waals surface area contributed by atoms with E-state index in [4.69, 9.17) is 10.00 Å². The minimum atomic E-state index is -0.614. The first-order valence-electron chi connectivity index (χ1n) is 4.00. The van der Waals surface area contributed by atoms with Gasteiger partial charge in [0.25, 0.3) is 0 Å². The SMILES string of the molecule is N#CCNC(=O)OCc1ccccn1. The fourth-order valence-electron chi connectivity index (χ4n) is 0.786. The van der Waals surface area contributed by atoms with Crippen LogP contribution in [0, 0.1) is 11.3 Å². The largest absolute Gasteiger partial charge is 0.443 e. The molecule has 0 aliphatic carbocycles. The Bertz CT molecular complexity index is 332. The molecular weight excluding hydrogens is 182 g/mol. The molecule has 0 aliphatic heterocycles. The van der Waals surface area contributed by atoms with Crippen molar-refractivity contribution in [2.45, 2.75) is 6.61 Å². The minimum Gasteiger partial charge on any atom is -0.443 e. The van der Waals surface area contributed by atoms with Gasteiger partial charge in [-0.3, -0.25) is 4.98 Å². The Kier molecular flexibility index (Phi) is 3.95. The van der Waals surface area contributed by atoms with E-state index in [2.05, 4.69) is 10.3 Å². The second kappa shape index (κ2) is 5.54. The monoisotopic (exact) mass is 191 g/mol. The lowest BCUT2D eigenvalue weighted by Crippen LogP contribution is -2.24. The second-order valence-corrected chi connectivity index (χ2v) is 2.41. The van der Waals surface area contributed by atoms with Gasteiger partial charge in [-0.2, -0.15) is 5.26 Å². The summed E-state index contributed by atoms with van der Waals surface area (Å²) < 4.78 is 4.77. The molecule has 0 aromatic carbocycles. The lowest BCUT2D eigenvalue weighted by molar-refractivity contribution is 0.139. The Morgan fingerprint density at radius 2 is 2.50 bits per heavy atom. The van der Waals surface area contributed by atoms with Gasteiger partial charge in [0.1, 0.15) is 13.2 Å². The van der Waals surface area contributed by atoms with Crippen molar-refractivity contribution in [2.75, 3.05) is 6.54 Å². The molecule has 0 bridgehead atoms. The lowest BCUT2D eigenvalue weighted by atomic mass is 10.4. The van der Waals surface area contributed by atoms with Gasteiger partial charge in [0.2, 0.25) is 0 Å². The molecule has 1 aromatic rings. The fourth-order valence-corrected chi connectivity index (χ4v) is 0.786. The number of pyridine rings is 1. The summed E-state index contributed by atoms with van der Waals surface area (Å²) in [6.07, 6.45) is 1.00. The average Bonchev–Trinajstić information content (AvgIpc) is 2.25. The van der Waals surface area contributed by atoms with Crippen LogP contribution >= 0.6 is 0 Å². The van der Waals surface area contributed by atoms with Gasteiger partial charge < -0.3 is 10.1 Å². The third-order valence-electron chi connectivity index (χ3n) is 1.39. The number of ether oxygens (including phenoxy) is 1. The van der Waals surface area contributed by atoms with Gasteiger partial charge in [-0.15, -0.1) is 0 Å². The van der Waals surface area contributed by atoms with Crippen LogP contribution in [0.25, 0.3) is 0 Å². The maximum Gasteiger partial charge on any atom is 0.408 e. The van der Waals surface area contributed by atoms with E-state index < -0.39 is 6.09 Å². The normalized spacial score (nSPS) is 8.79. The summed E-state index contributed by atoms with van der Waals surface area (Å²) in [7, 11) is 0. The number of nitriles is 1. The molecule has 1 rings (SSSR count). The minimum absolute atomic E-state index is 0.0545. The molecule has 0 saturated carbocycles. The summed E-state index contributed by atoms with van der Waals surface area (Å²) >= 11 is 0. The number of hydrogen-bond acceptors (Lipinski definition) is 4. The van der Waals surface area contributed by atoms with E-state index in [1.54, 1.807) is 30.5 Å². The van der Waals surface area contributed by atoms with E-state index in [-0.39, 0.29) is 13.2 Å². The molecule has 0 saturated heterocycles. The third kappa shape index (κ3) is 3.54. The summed E-state index contributed by atoms with van der Waals surface area (Å²) in [5.41, 5.74) is 0.666. The van der Waals surface area contributed by atoms with Gasteiger partial charge in [0.15, 0.2) is 0 Å². The van der Waals surface area contributed by atoms with Crippen LogP contribution in [0.15, 0.2) is 24.4 Å². The van der Waals surface area contributed by atoms with Crippen molar-refractivity contribution in [3.8, 4) is 6.07 Å². The highest BCUT2D eigenvalue weighted by Gasteiger charge is 2.00. The quantitative estimate of drug-likeness (QED) is 0.718. The van der Waals surface area contributed by atoms with Crippen molar-refractivity contribution in [1.82, 2.24) is 10.3 Å². The first-order chi connectivity index (χ1) is 6.83. The van der Waals surface area contributed by atoms with Crippen molar-refractivity contribution in [3.05, 3.63) is 30.1 Å². The van der Waals surface area contributed by atoms with Crippen molar-refractivity contribution in [3.63, 3.8) is 0 Å². The number of carbonyl (C=O) groups excluding carboxylic acids is 1. The van der Waals surface area contributed by atoms with Gasteiger partial charge >= 0.3 is 6.09 Å². The van der Waals surface area contributed by atoms with Crippen LogP contribution in [-0.4, -0.2) is 17.6 Å². The number of nitrogens with one attached hydrogen (secondary N) is 1. The van der Waals surface area contributed by atoms with E-state index in [1.807, 2.05) is 0 Å². The van der Waals surface area contributed by atoms with Crippen LogP contribution in [0.5, 0.6) is 0 Å². The molecule has 5 nitrogen and oxygen atoms in total. The predicted molar refractivity (Wildman–Crippen MR) is 48.0 cm³/mol. The topological polar surface area (TPSA) is 75.0 Å². The molecule has 1 amide bonds. The standard InChI is InChI=1S/C9H9N3O2/c10-4-6-12-9(13)14-7-8-3-1-2-5-11-8/h1-3,5H,6-7H2,(H,12,13). The second-order valence-electron chi connectivity index (χ2n) is 2.41. The number of hydrogen-bond donors (Lipinski definition) is 1. The van der Waals surface area contributed by atoms with Crippen LogP contribution in [0.3, 0.4) is 0 Å². The maximum absolute atomic E-state index is 10.9. The Morgan fingerprint density at radius 3 is 3.14 bits per heavy atom. The number of aromatic nitrogens is 1. The van der Waals surface area contributed by atoms with Crippen LogP contribution in [0.2, 0.25) is 0 Å². The molecule has 0 radical (unpaired) electrons. The summed E-state index contributed by atoms with van der Waals surface area (Å²) in [4.78, 5) is 14.8. The van der Waals surface area contributed by atoms with Crippen LogP contribution < -0.4 is 5.32 Å². The maximum atomic E-state index is 10.9. The molecule has 72 valence electrons. The average molecular weight is 191 g/mol. The molecule has 0 atom stereocenters. The first-order valence-corrected chi connectivity index (χ1v) is 4.00. The third-order valence-corrected chi connectivity index (χ3v) is 1.39. The Hall–Kier alpha value is -2.09. The lowest BCUT2D eigenvalue weighted by Gasteiger charge is -2.03. The number of nitrogens with zero attached hydrogens (tertiary/aromatic N) is 2. The van der Waals surface area contributed by atoms with E-state index in [9.17, 15) is 4.79 Å². The molecule has 5 heteroatoms. The summed E-state index contributed by atoms with van der Waals surface area (Å²) in [5.74, 6) is 0. The molecule has 0 fully saturated rings. The van der Waals surface area contributed by atoms with Crippen LogP contribution in [0.1, 0.15) is 5.69 Å².